The zero-order chi connectivity index (χ0) is 13.1. The molecule has 0 N–H and O–H groups in total. The van der Waals surface area contributed by atoms with Crippen molar-refractivity contribution in [1.29, 1.82) is 0 Å². The van der Waals surface area contributed by atoms with Gasteiger partial charge < -0.3 is 14.2 Å². The molecule has 18 heavy (non-hydrogen) atoms. The quantitative estimate of drug-likeness (QED) is 0.622. The van der Waals surface area contributed by atoms with Gasteiger partial charge in [-0.05, 0) is 20.8 Å². The number of methoxy groups -OCH3 is 2. The standard InChI is InChI=1S/C11H16N2O4.Zn/c1-11(2,3)9(14)17-7-6-12-10(16-5)13-8(7)15-4;/h6H,1-5H3;. The van der Waals surface area contributed by atoms with Crippen LogP contribution in [0.4, 0.5) is 0 Å². The monoisotopic (exact) mass is 304 g/mol. The van der Waals surface area contributed by atoms with Crippen molar-refractivity contribution in [2.75, 3.05) is 14.2 Å². The van der Waals surface area contributed by atoms with E-state index < -0.39 is 5.41 Å². The molecule has 1 aromatic heterocycles. The number of aromatic nitrogens is 2. The summed E-state index contributed by atoms with van der Waals surface area (Å²) in [5.41, 5.74) is -0.606. The van der Waals surface area contributed by atoms with Gasteiger partial charge in [-0.1, -0.05) is 0 Å². The zero-order valence-electron chi connectivity index (χ0n) is 11.3. The molecule has 0 aliphatic carbocycles. The number of hydrogen-bond acceptors (Lipinski definition) is 6. The number of nitrogens with zero attached hydrogens (tertiary/aromatic N) is 2. The van der Waals surface area contributed by atoms with Crippen LogP contribution in [0.15, 0.2) is 6.20 Å². The van der Waals surface area contributed by atoms with Crippen molar-refractivity contribution in [2.24, 2.45) is 5.41 Å². The van der Waals surface area contributed by atoms with Gasteiger partial charge in [-0.3, -0.25) is 4.79 Å². The summed E-state index contributed by atoms with van der Waals surface area (Å²) in [6.07, 6.45) is 1.34. The van der Waals surface area contributed by atoms with Crippen molar-refractivity contribution in [3.63, 3.8) is 0 Å². The first-order chi connectivity index (χ1) is 7.88. The maximum Gasteiger partial charge on any atom is 0.319 e. The number of rotatable bonds is 3. The van der Waals surface area contributed by atoms with Gasteiger partial charge in [0.15, 0.2) is 0 Å². The van der Waals surface area contributed by atoms with Gasteiger partial charge in [0.05, 0.1) is 25.8 Å². The molecule has 0 aliphatic rings. The molecule has 0 aliphatic heterocycles. The van der Waals surface area contributed by atoms with Gasteiger partial charge in [-0.15, -0.1) is 0 Å². The number of hydrogen-bond donors (Lipinski definition) is 0. The van der Waals surface area contributed by atoms with E-state index in [1.54, 1.807) is 20.8 Å². The molecule has 0 aromatic carbocycles. The average molecular weight is 306 g/mol. The molecule has 7 heteroatoms. The molecule has 0 amide bonds. The summed E-state index contributed by atoms with van der Waals surface area (Å²) in [7, 11) is 2.87. The maximum atomic E-state index is 11.7. The fourth-order valence-electron chi connectivity index (χ4n) is 0.907. The van der Waals surface area contributed by atoms with E-state index in [0.29, 0.717) is 0 Å². The normalized spacial score (nSPS) is 10.3. The fourth-order valence-corrected chi connectivity index (χ4v) is 0.907. The Morgan fingerprint density at radius 3 is 2.28 bits per heavy atom. The Bertz CT molecular complexity index is 418. The Kier molecular flexibility index (Phi) is 6.19. The predicted octanol–water partition coefficient (Wildman–Crippen LogP) is 1.44. The summed E-state index contributed by atoms with van der Waals surface area (Å²) >= 11 is 0. The van der Waals surface area contributed by atoms with Crippen LogP contribution in [-0.2, 0) is 24.3 Å². The molecule has 0 atom stereocenters. The number of carbonyl (C=O) groups excluding carboxylic acids is 1. The Balaban J connectivity index is 0.00000289. The molecule has 1 heterocycles. The minimum Gasteiger partial charge on any atom is -0.478 e. The Hall–Kier alpha value is -1.23. The minimum atomic E-state index is -0.606. The van der Waals surface area contributed by atoms with Crippen molar-refractivity contribution in [3.05, 3.63) is 6.20 Å². The van der Waals surface area contributed by atoms with E-state index in [1.807, 2.05) is 0 Å². The third-order valence-corrected chi connectivity index (χ3v) is 1.89. The number of carbonyl (C=O) groups is 1. The van der Waals surface area contributed by atoms with E-state index in [9.17, 15) is 4.79 Å². The summed E-state index contributed by atoms with van der Waals surface area (Å²) < 4.78 is 15.0. The largest absolute Gasteiger partial charge is 0.478 e. The Labute approximate surface area is 119 Å². The molecule has 0 spiro atoms. The summed E-state index contributed by atoms with van der Waals surface area (Å²) in [6.45, 7) is 5.27. The van der Waals surface area contributed by atoms with Crippen molar-refractivity contribution in [3.8, 4) is 17.6 Å². The van der Waals surface area contributed by atoms with Crippen molar-refractivity contribution >= 4 is 5.97 Å². The van der Waals surface area contributed by atoms with Crippen LogP contribution >= 0.6 is 0 Å². The van der Waals surface area contributed by atoms with E-state index in [2.05, 4.69) is 9.97 Å². The fraction of sp³-hybridized carbons (Fsp3) is 0.545. The van der Waals surface area contributed by atoms with E-state index in [1.165, 1.54) is 20.4 Å². The summed E-state index contributed by atoms with van der Waals surface area (Å²) in [5.74, 6) is -0.0489. The van der Waals surface area contributed by atoms with Crippen LogP contribution in [0.5, 0.6) is 17.6 Å². The van der Waals surface area contributed by atoms with Crippen LogP contribution in [-0.4, -0.2) is 30.2 Å². The van der Waals surface area contributed by atoms with Crippen LogP contribution < -0.4 is 14.2 Å². The third kappa shape index (κ3) is 4.22. The predicted molar refractivity (Wildman–Crippen MR) is 60.2 cm³/mol. The molecule has 0 bridgehead atoms. The number of ether oxygens (including phenoxy) is 3. The first-order valence-corrected chi connectivity index (χ1v) is 5.05. The maximum absolute atomic E-state index is 11.7. The minimum absolute atomic E-state index is 0. The van der Waals surface area contributed by atoms with E-state index in [0.717, 1.165) is 0 Å². The molecule has 96 valence electrons. The van der Waals surface area contributed by atoms with Crippen LogP contribution in [0.2, 0.25) is 0 Å². The summed E-state index contributed by atoms with van der Waals surface area (Å²) in [5, 5.41) is 0. The van der Waals surface area contributed by atoms with Crippen molar-refractivity contribution < 1.29 is 38.5 Å². The molecule has 0 saturated carbocycles. The van der Waals surface area contributed by atoms with Gasteiger partial charge >= 0.3 is 12.0 Å². The topological polar surface area (TPSA) is 70.5 Å². The molecule has 0 fully saturated rings. The van der Waals surface area contributed by atoms with Crippen LogP contribution in [0.1, 0.15) is 20.8 Å². The van der Waals surface area contributed by atoms with Crippen molar-refractivity contribution in [2.45, 2.75) is 20.8 Å². The molecule has 1 rings (SSSR count). The first-order valence-electron chi connectivity index (χ1n) is 5.05. The SMILES string of the molecule is COc1ncc(OC(=O)C(C)(C)C)c(OC)n1.[Zn]. The Morgan fingerprint density at radius 2 is 1.83 bits per heavy atom. The van der Waals surface area contributed by atoms with Crippen LogP contribution in [0.3, 0.4) is 0 Å². The van der Waals surface area contributed by atoms with Gasteiger partial charge in [0, 0.05) is 19.5 Å². The summed E-state index contributed by atoms with van der Waals surface area (Å²) in [6, 6.07) is 0.150. The van der Waals surface area contributed by atoms with Crippen LogP contribution in [0.25, 0.3) is 0 Å². The molecule has 0 unspecified atom stereocenters. The Morgan fingerprint density at radius 1 is 1.22 bits per heavy atom. The van der Waals surface area contributed by atoms with Gasteiger partial charge in [0.1, 0.15) is 0 Å². The van der Waals surface area contributed by atoms with Gasteiger partial charge in [-0.25, -0.2) is 0 Å². The molecule has 6 nitrogen and oxygen atoms in total. The van der Waals surface area contributed by atoms with E-state index in [-0.39, 0.29) is 43.1 Å². The molecule has 0 saturated heterocycles. The van der Waals surface area contributed by atoms with Gasteiger partial charge in [0.2, 0.25) is 5.75 Å². The zero-order valence-corrected chi connectivity index (χ0v) is 14.3. The van der Waals surface area contributed by atoms with Crippen molar-refractivity contribution in [1.82, 2.24) is 9.97 Å². The second kappa shape index (κ2) is 6.64. The van der Waals surface area contributed by atoms with Gasteiger partial charge in [-0.2, -0.15) is 9.97 Å². The second-order valence-corrected chi connectivity index (χ2v) is 4.37. The molecule has 0 radical (unpaired) electrons. The molecular weight excluding hydrogens is 290 g/mol. The third-order valence-electron chi connectivity index (χ3n) is 1.89. The second-order valence-electron chi connectivity index (χ2n) is 4.37. The first kappa shape index (κ1) is 16.8. The smallest absolute Gasteiger partial charge is 0.319 e. The summed E-state index contributed by atoms with van der Waals surface area (Å²) in [4.78, 5) is 19.5. The van der Waals surface area contributed by atoms with E-state index in [4.69, 9.17) is 14.2 Å². The average Bonchev–Trinajstić information content (AvgIpc) is 2.28. The van der Waals surface area contributed by atoms with Crippen LogP contribution in [0, 0.1) is 5.41 Å². The molecular formula is C11H16N2O4Zn. The molecule has 1 aromatic rings. The van der Waals surface area contributed by atoms with Gasteiger partial charge in [0.25, 0.3) is 5.88 Å². The van der Waals surface area contributed by atoms with E-state index >= 15 is 0 Å². The number of esters is 1.